The third-order valence-electron chi connectivity index (χ3n) is 2.77. The van der Waals surface area contributed by atoms with Gasteiger partial charge in [0.15, 0.2) is 0 Å². The fourth-order valence-corrected chi connectivity index (χ4v) is 2.30. The van der Waals surface area contributed by atoms with Crippen molar-refractivity contribution >= 4 is 21.7 Å². The van der Waals surface area contributed by atoms with Gasteiger partial charge in [-0.05, 0) is 25.8 Å². The van der Waals surface area contributed by atoms with Crippen molar-refractivity contribution in [2.75, 3.05) is 18.6 Å². The lowest BCUT2D eigenvalue weighted by molar-refractivity contribution is -0.141. The predicted octanol–water partition coefficient (Wildman–Crippen LogP) is -0.100. The first-order chi connectivity index (χ1) is 9.26. The maximum Gasteiger partial charge on any atom is 0.326 e. The summed E-state index contributed by atoms with van der Waals surface area (Å²) in [6.45, 7) is 0.624. The highest BCUT2D eigenvalue weighted by atomic mass is 32.2. The molecule has 1 atom stereocenters. The second-order valence-electron chi connectivity index (χ2n) is 4.83. The molecule has 0 radical (unpaired) electrons. The maximum atomic E-state index is 11.6. The van der Waals surface area contributed by atoms with Crippen LogP contribution in [0.1, 0.15) is 38.5 Å². The SMILES string of the molecule is CS(=O)(=O)CCC(NC(=O)CCCCCCN)C(=O)O. The Morgan fingerprint density at radius 2 is 1.80 bits per heavy atom. The Labute approximate surface area is 119 Å². The van der Waals surface area contributed by atoms with Crippen LogP contribution in [0.2, 0.25) is 0 Å². The predicted molar refractivity (Wildman–Crippen MR) is 76.0 cm³/mol. The Kier molecular flexibility index (Phi) is 9.15. The van der Waals surface area contributed by atoms with E-state index in [0.717, 1.165) is 25.5 Å². The van der Waals surface area contributed by atoms with Gasteiger partial charge in [0.1, 0.15) is 15.9 Å². The minimum absolute atomic E-state index is 0.118. The Hall–Kier alpha value is -1.15. The normalized spacial score (nSPS) is 12.9. The molecule has 4 N–H and O–H groups in total. The van der Waals surface area contributed by atoms with Gasteiger partial charge < -0.3 is 16.2 Å². The van der Waals surface area contributed by atoms with Gasteiger partial charge in [0.2, 0.25) is 5.91 Å². The van der Waals surface area contributed by atoms with Gasteiger partial charge in [-0.1, -0.05) is 12.8 Å². The molecule has 0 aliphatic rings. The molecule has 0 bridgehead atoms. The van der Waals surface area contributed by atoms with Crippen LogP contribution in [0.3, 0.4) is 0 Å². The summed E-state index contributed by atoms with van der Waals surface area (Å²) >= 11 is 0. The van der Waals surface area contributed by atoms with Gasteiger partial charge in [0.25, 0.3) is 0 Å². The zero-order chi connectivity index (χ0) is 15.6. The molecule has 0 aromatic heterocycles. The molecule has 0 heterocycles. The molecule has 1 unspecified atom stereocenters. The lowest BCUT2D eigenvalue weighted by Crippen LogP contribution is -2.41. The molecule has 0 spiro atoms. The number of hydrogen-bond acceptors (Lipinski definition) is 5. The van der Waals surface area contributed by atoms with E-state index < -0.39 is 21.8 Å². The van der Waals surface area contributed by atoms with Crippen molar-refractivity contribution in [1.82, 2.24) is 5.32 Å². The number of nitrogens with two attached hydrogens (primary N) is 1. The number of aliphatic carboxylic acids is 1. The smallest absolute Gasteiger partial charge is 0.326 e. The van der Waals surface area contributed by atoms with E-state index in [2.05, 4.69) is 5.32 Å². The van der Waals surface area contributed by atoms with Crippen LogP contribution >= 0.6 is 0 Å². The summed E-state index contributed by atoms with van der Waals surface area (Å²) in [7, 11) is -3.24. The molecule has 0 aliphatic carbocycles. The molecule has 118 valence electrons. The van der Waals surface area contributed by atoms with E-state index in [9.17, 15) is 18.0 Å². The van der Waals surface area contributed by atoms with E-state index >= 15 is 0 Å². The molecule has 0 aromatic rings. The number of sulfone groups is 1. The average molecular weight is 308 g/mol. The van der Waals surface area contributed by atoms with Crippen LogP contribution < -0.4 is 11.1 Å². The van der Waals surface area contributed by atoms with Gasteiger partial charge in [-0.25, -0.2) is 13.2 Å². The largest absolute Gasteiger partial charge is 0.480 e. The summed E-state index contributed by atoms with van der Waals surface area (Å²) < 4.78 is 22.0. The van der Waals surface area contributed by atoms with Crippen LogP contribution in [0.15, 0.2) is 0 Å². The quantitative estimate of drug-likeness (QED) is 0.457. The number of carboxylic acids is 1. The number of hydrogen-bond donors (Lipinski definition) is 3. The number of amides is 1. The van der Waals surface area contributed by atoms with Crippen molar-refractivity contribution in [2.24, 2.45) is 5.73 Å². The van der Waals surface area contributed by atoms with E-state index in [0.29, 0.717) is 13.0 Å². The third-order valence-corrected chi connectivity index (χ3v) is 3.75. The molecule has 20 heavy (non-hydrogen) atoms. The molecule has 0 aliphatic heterocycles. The zero-order valence-electron chi connectivity index (χ0n) is 11.8. The second kappa shape index (κ2) is 9.71. The van der Waals surface area contributed by atoms with Crippen molar-refractivity contribution in [2.45, 2.75) is 44.6 Å². The third kappa shape index (κ3) is 10.7. The summed E-state index contributed by atoms with van der Waals surface area (Å²) in [6.07, 6.45) is 4.55. The minimum Gasteiger partial charge on any atom is -0.480 e. The first-order valence-corrected chi connectivity index (χ1v) is 8.72. The van der Waals surface area contributed by atoms with Gasteiger partial charge in [-0.2, -0.15) is 0 Å². The zero-order valence-corrected chi connectivity index (χ0v) is 12.6. The van der Waals surface area contributed by atoms with Gasteiger partial charge in [-0.3, -0.25) is 4.79 Å². The molecule has 8 heteroatoms. The number of unbranched alkanes of at least 4 members (excludes halogenated alkanes) is 3. The topological polar surface area (TPSA) is 127 Å². The maximum absolute atomic E-state index is 11.6. The highest BCUT2D eigenvalue weighted by Gasteiger charge is 2.21. The summed E-state index contributed by atoms with van der Waals surface area (Å²) in [5, 5.41) is 11.3. The Morgan fingerprint density at radius 1 is 1.20 bits per heavy atom. The molecular weight excluding hydrogens is 284 g/mol. The van der Waals surface area contributed by atoms with E-state index in [1.54, 1.807) is 0 Å². The van der Waals surface area contributed by atoms with Crippen molar-refractivity contribution in [3.05, 3.63) is 0 Å². The highest BCUT2D eigenvalue weighted by Crippen LogP contribution is 2.03. The van der Waals surface area contributed by atoms with Crippen LogP contribution in [-0.2, 0) is 19.4 Å². The molecule has 0 rings (SSSR count). The Bertz CT molecular complexity index is 408. The monoisotopic (exact) mass is 308 g/mol. The summed E-state index contributed by atoms with van der Waals surface area (Å²) in [4.78, 5) is 22.5. The Morgan fingerprint density at radius 3 is 2.30 bits per heavy atom. The van der Waals surface area contributed by atoms with Crippen LogP contribution in [0.5, 0.6) is 0 Å². The summed E-state index contributed by atoms with van der Waals surface area (Å²) in [5.41, 5.74) is 5.34. The first kappa shape index (κ1) is 18.9. The lowest BCUT2D eigenvalue weighted by atomic mass is 10.1. The van der Waals surface area contributed by atoms with Gasteiger partial charge in [0.05, 0.1) is 5.75 Å². The number of nitrogens with one attached hydrogen (secondary N) is 1. The first-order valence-electron chi connectivity index (χ1n) is 6.66. The van der Waals surface area contributed by atoms with Crippen molar-refractivity contribution in [1.29, 1.82) is 0 Å². The number of carbonyl (C=O) groups is 2. The minimum atomic E-state index is -3.24. The Balaban J connectivity index is 4.05. The molecule has 1 amide bonds. The average Bonchev–Trinajstić information content (AvgIpc) is 2.32. The molecule has 0 saturated heterocycles. The van der Waals surface area contributed by atoms with Crippen LogP contribution in [0, 0.1) is 0 Å². The van der Waals surface area contributed by atoms with E-state index in [4.69, 9.17) is 10.8 Å². The van der Waals surface area contributed by atoms with Crippen LogP contribution in [0.25, 0.3) is 0 Å². The highest BCUT2D eigenvalue weighted by molar-refractivity contribution is 7.90. The fourth-order valence-electron chi connectivity index (χ4n) is 1.64. The van der Waals surface area contributed by atoms with E-state index in [-0.39, 0.29) is 24.5 Å². The summed E-state index contributed by atoms with van der Waals surface area (Å²) in [6, 6.07) is -1.15. The molecule has 0 fully saturated rings. The second-order valence-corrected chi connectivity index (χ2v) is 7.09. The fraction of sp³-hybridized carbons (Fsp3) is 0.833. The van der Waals surface area contributed by atoms with Gasteiger partial charge >= 0.3 is 5.97 Å². The van der Waals surface area contributed by atoms with Gasteiger partial charge in [-0.15, -0.1) is 0 Å². The number of carbonyl (C=O) groups excluding carboxylic acids is 1. The molecule has 0 aromatic carbocycles. The van der Waals surface area contributed by atoms with Crippen LogP contribution in [0.4, 0.5) is 0 Å². The van der Waals surface area contributed by atoms with Crippen molar-refractivity contribution in [3.8, 4) is 0 Å². The van der Waals surface area contributed by atoms with Crippen LogP contribution in [-0.4, -0.2) is 50.0 Å². The van der Waals surface area contributed by atoms with Crippen molar-refractivity contribution in [3.63, 3.8) is 0 Å². The number of carboxylic acid groups (broad SMARTS) is 1. The van der Waals surface area contributed by atoms with Gasteiger partial charge in [0, 0.05) is 12.7 Å². The van der Waals surface area contributed by atoms with Crippen molar-refractivity contribution < 1.29 is 23.1 Å². The molecular formula is C12H24N2O5S. The number of rotatable bonds is 11. The summed E-state index contributed by atoms with van der Waals surface area (Å²) in [5.74, 6) is -1.84. The van der Waals surface area contributed by atoms with E-state index in [1.165, 1.54) is 0 Å². The van der Waals surface area contributed by atoms with E-state index in [1.807, 2.05) is 0 Å². The standard InChI is InChI=1S/C12H24N2O5S/c1-20(18,19)9-7-10(12(16)17)14-11(15)6-4-2-3-5-8-13/h10H,2-9,13H2,1H3,(H,14,15)(H,16,17). The molecule has 0 saturated carbocycles. The molecule has 7 nitrogen and oxygen atoms in total. The lowest BCUT2D eigenvalue weighted by Gasteiger charge is -2.13.